The zero-order chi connectivity index (χ0) is 12.0. The zero-order valence-corrected chi connectivity index (χ0v) is 9.16. The van der Waals surface area contributed by atoms with E-state index in [1.54, 1.807) is 13.0 Å². The number of amides is 1. The number of carbonyl (C=O) groups is 1. The normalized spacial score (nSPS) is 9.88. The predicted octanol–water partition coefficient (Wildman–Crippen LogP) is -0.252. The van der Waals surface area contributed by atoms with E-state index < -0.39 is 0 Å². The number of nitrogens with zero attached hydrogens (tertiary/aromatic N) is 2. The van der Waals surface area contributed by atoms with E-state index in [4.69, 9.17) is 11.6 Å². The molecule has 88 valence electrons. The Labute approximate surface area is 93.6 Å². The summed E-state index contributed by atoms with van der Waals surface area (Å²) in [7, 11) is 0. The van der Waals surface area contributed by atoms with Crippen LogP contribution in [0.2, 0.25) is 0 Å². The molecule has 1 aromatic heterocycles. The third kappa shape index (κ3) is 4.09. The standard InChI is InChI=1S/C9H16N6O/c1-6-13-8(5-9(14-6)15-11)12-4-2-3-7(10)16/h5H,2-4,11H2,1H3,(H2,10,16)(H2,12,13,14,15). The van der Waals surface area contributed by atoms with Crippen LogP contribution in [0.15, 0.2) is 6.07 Å². The van der Waals surface area contributed by atoms with Crippen LogP contribution in [0.4, 0.5) is 11.6 Å². The summed E-state index contributed by atoms with van der Waals surface area (Å²) in [4.78, 5) is 18.7. The summed E-state index contributed by atoms with van der Waals surface area (Å²) in [6.45, 7) is 2.40. The van der Waals surface area contributed by atoms with Crippen LogP contribution in [-0.4, -0.2) is 22.4 Å². The summed E-state index contributed by atoms with van der Waals surface area (Å²) >= 11 is 0. The van der Waals surface area contributed by atoms with Crippen molar-refractivity contribution in [3.63, 3.8) is 0 Å². The smallest absolute Gasteiger partial charge is 0.217 e. The van der Waals surface area contributed by atoms with Crippen LogP contribution in [0.25, 0.3) is 0 Å². The highest BCUT2D eigenvalue weighted by molar-refractivity contribution is 5.73. The molecule has 0 aliphatic rings. The molecule has 1 rings (SSSR count). The molecule has 0 bridgehead atoms. The van der Waals surface area contributed by atoms with Crippen molar-refractivity contribution in [3.05, 3.63) is 11.9 Å². The number of aryl methyl sites for hydroxylation is 1. The zero-order valence-electron chi connectivity index (χ0n) is 9.16. The lowest BCUT2D eigenvalue weighted by atomic mass is 10.3. The molecular weight excluding hydrogens is 208 g/mol. The van der Waals surface area contributed by atoms with Gasteiger partial charge in [-0.15, -0.1) is 0 Å². The molecule has 1 heterocycles. The maximum absolute atomic E-state index is 10.5. The minimum atomic E-state index is -0.301. The van der Waals surface area contributed by atoms with Crippen LogP contribution in [0.3, 0.4) is 0 Å². The highest BCUT2D eigenvalue weighted by Crippen LogP contribution is 2.09. The van der Waals surface area contributed by atoms with E-state index in [1.807, 2.05) is 0 Å². The topological polar surface area (TPSA) is 119 Å². The number of carbonyl (C=O) groups excluding carboxylic acids is 1. The van der Waals surface area contributed by atoms with Crippen molar-refractivity contribution in [2.75, 3.05) is 17.3 Å². The van der Waals surface area contributed by atoms with E-state index in [0.717, 1.165) is 0 Å². The molecule has 7 nitrogen and oxygen atoms in total. The summed E-state index contributed by atoms with van der Waals surface area (Å²) in [5.74, 6) is 6.79. The van der Waals surface area contributed by atoms with Crippen LogP contribution in [0, 0.1) is 6.92 Å². The third-order valence-electron chi connectivity index (χ3n) is 1.89. The molecule has 0 fully saturated rings. The molecule has 0 atom stereocenters. The predicted molar refractivity (Wildman–Crippen MR) is 61.5 cm³/mol. The van der Waals surface area contributed by atoms with Crippen molar-refractivity contribution in [2.45, 2.75) is 19.8 Å². The van der Waals surface area contributed by atoms with Gasteiger partial charge >= 0.3 is 0 Å². The minimum absolute atomic E-state index is 0.301. The fraction of sp³-hybridized carbons (Fsp3) is 0.444. The van der Waals surface area contributed by atoms with E-state index in [1.165, 1.54) is 0 Å². The lowest BCUT2D eigenvalue weighted by Crippen LogP contribution is -2.14. The van der Waals surface area contributed by atoms with Gasteiger partial charge < -0.3 is 16.5 Å². The van der Waals surface area contributed by atoms with Gasteiger partial charge in [0.05, 0.1) is 0 Å². The number of anilines is 2. The first-order chi connectivity index (χ1) is 7.61. The van der Waals surface area contributed by atoms with Gasteiger partial charge in [0.25, 0.3) is 0 Å². The maximum Gasteiger partial charge on any atom is 0.217 e. The summed E-state index contributed by atoms with van der Waals surface area (Å²) in [5.41, 5.74) is 7.47. The third-order valence-corrected chi connectivity index (χ3v) is 1.89. The maximum atomic E-state index is 10.5. The fourth-order valence-electron chi connectivity index (χ4n) is 1.21. The van der Waals surface area contributed by atoms with Gasteiger partial charge in [-0.3, -0.25) is 4.79 Å². The molecule has 16 heavy (non-hydrogen) atoms. The SMILES string of the molecule is Cc1nc(NN)cc(NCCCC(N)=O)n1. The Hall–Kier alpha value is -1.89. The molecule has 0 aliphatic heterocycles. The second-order valence-electron chi connectivity index (χ2n) is 3.33. The van der Waals surface area contributed by atoms with Crippen LogP contribution in [-0.2, 0) is 4.79 Å². The van der Waals surface area contributed by atoms with Crippen LogP contribution in [0.1, 0.15) is 18.7 Å². The number of aromatic nitrogens is 2. The van der Waals surface area contributed by atoms with Crippen molar-refractivity contribution in [2.24, 2.45) is 11.6 Å². The van der Waals surface area contributed by atoms with Gasteiger partial charge in [0, 0.05) is 19.0 Å². The first-order valence-electron chi connectivity index (χ1n) is 4.96. The van der Waals surface area contributed by atoms with Crippen molar-refractivity contribution >= 4 is 17.5 Å². The van der Waals surface area contributed by atoms with E-state index in [-0.39, 0.29) is 5.91 Å². The van der Waals surface area contributed by atoms with Gasteiger partial charge in [-0.05, 0) is 13.3 Å². The van der Waals surface area contributed by atoms with Gasteiger partial charge in [-0.1, -0.05) is 0 Å². The monoisotopic (exact) mass is 224 g/mol. The molecule has 0 saturated heterocycles. The Morgan fingerprint density at radius 3 is 2.75 bits per heavy atom. The Kier molecular flexibility index (Phi) is 4.46. The average molecular weight is 224 g/mol. The number of hydrogen-bond donors (Lipinski definition) is 4. The van der Waals surface area contributed by atoms with Crippen LogP contribution >= 0.6 is 0 Å². The molecule has 6 N–H and O–H groups in total. The Morgan fingerprint density at radius 1 is 1.44 bits per heavy atom. The van der Waals surface area contributed by atoms with Gasteiger partial charge in [-0.2, -0.15) is 0 Å². The molecule has 7 heteroatoms. The van der Waals surface area contributed by atoms with Crippen LogP contribution < -0.4 is 22.3 Å². The summed E-state index contributed by atoms with van der Waals surface area (Å²) in [6.07, 6.45) is 1.03. The van der Waals surface area contributed by atoms with Crippen LogP contribution in [0.5, 0.6) is 0 Å². The summed E-state index contributed by atoms with van der Waals surface area (Å²) < 4.78 is 0. The number of nitrogen functional groups attached to an aromatic ring is 1. The second-order valence-corrected chi connectivity index (χ2v) is 3.33. The van der Waals surface area contributed by atoms with Gasteiger partial charge in [0.2, 0.25) is 5.91 Å². The number of hydrogen-bond acceptors (Lipinski definition) is 6. The van der Waals surface area contributed by atoms with Gasteiger partial charge in [0.15, 0.2) is 0 Å². The van der Waals surface area contributed by atoms with Crippen molar-refractivity contribution < 1.29 is 4.79 Å². The van der Waals surface area contributed by atoms with Crippen molar-refractivity contribution in [3.8, 4) is 0 Å². The van der Waals surface area contributed by atoms with E-state index in [9.17, 15) is 4.79 Å². The Bertz CT molecular complexity index is 367. The number of nitrogens with two attached hydrogens (primary N) is 2. The Morgan fingerprint density at radius 2 is 2.12 bits per heavy atom. The number of nitrogens with one attached hydrogen (secondary N) is 2. The molecule has 0 spiro atoms. The first-order valence-corrected chi connectivity index (χ1v) is 4.96. The average Bonchev–Trinajstić information content (AvgIpc) is 2.23. The minimum Gasteiger partial charge on any atom is -0.370 e. The van der Waals surface area contributed by atoms with E-state index in [0.29, 0.717) is 36.8 Å². The summed E-state index contributed by atoms with van der Waals surface area (Å²) in [5, 5.41) is 3.06. The number of hydrazine groups is 1. The Balaban J connectivity index is 2.47. The van der Waals surface area contributed by atoms with Crippen molar-refractivity contribution in [1.29, 1.82) is 0 Å². The highest BCUT2D eigenvalue weighted by Gasteiger charge is 2.00. The molecule has 0 aromatic carbocycles. The molecule has 0 radical (unpaired) electrons. The number of rotatable bonds is 6. The number of primary amides is 1. The lowest BCUT2D eigenvalue weighted by Gasteiger charge is -2.07. The van der Waals surface area contributed by atoms with E-state index in [2.05, 4.69) is 20.7 Å². The quantitative estimate of drug-likeness (QED) is 0.300. The molecule has 1 amide bonds. The first kappa shape index (κ1) is 12.2. The van der Waals surface area contributed by atoms with Gasteiger partial charge in [0.1, 0.15) is 17.5 Å². The van der Waals surface area contributed by atoms with Gasteiger partial charge in [-0.25, -0.2) is 15.8 Å². The molecule has 1 aromatic rings. The van der Waals surface area contributed by atoms with E-state index >= 15 is 0 Å². The molecule has 0 saturated carbocycles. The van der Waals surface area contributed by atoms with Crippen molar-refractivity contribution in [1.82, 2.24) is 9.97 Å². The highest BCUT2D eigenvalue weighted by atomic mass is 16.1. The fourth-order valence-corrected chi connectivity index (χ4v) is 1.21. The molecule has 0 aliphatic carbocycles. The second kappa shape index (κ2) is 5.86. The largest absolute Gasteiger partial charge is 0.370 e. The summed E-state index contributed by atoms with van der Waals surface area (Å²) in [6, 6.07) is 1.69. The lowest BCUT2D eigenvalue weighted by molar-refractivity contribution is -0.118. The molecular formula is C9H16N6O. The molecule has 0 unspecified atom stereocenters.